The second-order valence-electron chi connectivity index (χ2n) is 3.82. The third kappa shape index (κ3) is 4.03. The zero-order valence-corrected chi connectivity index (χ0v) is 12.3. The van der Waals surface area contributed by atoms with Crippen LogP contribution in [-0.2, 0) is 16.6 Å². The van der Waals surface area contributed by atoms with Gasteiger partial charge in [0.1, 0.15) is 4.90 Å². The highest BCUT2D eigenvalue weighted by molar-refractivity contribution is 7.89. The van der Waals surface area contributed by atoms with Gasteiger partial charge in [-0.1, -0.05) is 28.6 Å². The molecule has 9 heteroatoms. The van der Waals surface area contributed by atoms with E-state index in [9.17, 15) is 8.42 Å². The SMILES string of the molecule is NCC#Cc1ccc(S(=O)(=O)NCc2ncon2)c(Cl)c1. The van der Waals surface area contributed by atoms with Crippen LogP contribution < -0.4 is 10.5 Å². The van der Waals surface area contributed by atoms with Crippen LogP contribution in [0.5, 0.6) is 0 Å². The predicted molar refractivity (Wildman–Crippen MR) is 75.7 cm³/mol. The lowest BCUT2D eigenvalue weighted by atomic mass is 10.2. The van der Waals surface area contributed by atoms with E-state index in [1.165, 1.54) is 12.1 Å². The van der Waals surface area contributed by atoms with E-state index in [-0.39, 0.29) is 28.8 Å². The molecule has 0 amide bonds. The fraction of sp³-hybridized carbons (Fsp3) is 0.167. The average Bonchev–Trinajstić information content (AvgIpc) is 2.96. The van der Waals surface area contributed by atoms with Gasteiger partial charge in [-0.3, -0.25) is 0 Å². The number of halogens is 1. The number of nitrogens with zero attached hydrogens (tertiary/aromatic N) is 2. The van der Waals surface area contributed by atoms with E-state index in [1.54, 1.807) is 6.07 Å². The van der Waals surface area contributed by atoms with Crippen molar-refractivity contribution in [1.29, 1.82) is 0 Å². The summed E-state index contributed by atoms with van der Waals surface area (Å²) < 4.78 is 31.1. The van der Waals surface area contributed by atoms with Gasteiger partial charge in [0.15, 0.2) is 5.82 Å². The van der Waals surface area contributed by atoms with E-state index in [2.05, 4.69) is 31.2 Å². The summed E-state index contributed by atoms with van der Waals surface area (Å²) in [7, 11) is -3.78. The molecular weight excluding hydrogens is 316 g/mol. The summed E-state index contributed by atoms with van der Waals surface area (Å²) >= 11 is 5.99. The molecule has 0 aliphatic carbocycles. The predicted octanol–water partition coefficient (Wildman–Crippen LogP) is 0.512. The molecule has 0 saturated carbocycles. The molecule has 0 aliphatic rings. The molecule has 2 rings (SSSR count). The van der Waals surface area contributed by atoms with Gasteiger partial charge < -0.3 is 10.3 Å². The number of nitrogens with two attached hydrogens (primary N) is 1. The number of sulfonamides is 1. The van der Waals surface area contributed by atoms with E-state index in [0.717, 1.165) is 6.39 Å². The van der Waals surface area contributed by atoms with Crippen molar-refractivity contribution >= 4 is 21.6 Å². The molecule has 21 heavy (non-hydrogen) atoms. The maximum atomic E-state index is 12.1. The van der Waals surface area contributed by atoms with Gasteiger partial charge >= 0.3 is 0 Å². The van der Waals surface area contributed by atoms with Crippen LogP contribution in [0.2, 0.25) is 5.02 Å². The maximum absolute atomic E-state index is 12.1. The number of rotatable bonds is 4. The zero-order valence-electron chi connectivity index (χ0n) is 10.7. The Labute approximate surface area is 126 Å². The molecule has 0 bridgehead atoms. The van der Waals surface area contributed by atoms with Crippen molar-refractivity contribution in [2.45, 2.75) is 11.4 Å². The normalized spacial score (nSPS) is 11.0. The summed E-state index contributed by atoms with van der Waals surface area (Å²) in [6, 6.07) is 4.39. The van der Waals surface area contributed by atoms with Crippen molar-refractivity contribution in [2.24, 2.45) is 5.73 Å². The van der Waals surface area contributed by atoms with Gasteiger partial charge in [0.25, 0.3) is 0 Å². The lowest BCUT2D eigenvalue weighted by Crippen LogP contribution is -2.24. The van der Waals surface area contributed by atoms with E-state index in [1.807, 2.05) is 0 Å². The standard InChI is InChI=1S/C12H11ClN4O3S/c13-10-6-9(2-1-5-14)3-4-11(10)21(18,19)16-7-12-15-8-20-17-12/h3-4,6,8,16H,5,7,14H2. The Morgan fingerprint density at radius 3 is 2.86 bits per heavy atom. The molecule has 7 nitrogen and oxygen atoms in total. The van der Waals surface area contributed by atoms with E-state index in [0.29, 0.717) is 5.56 Å². The lowest BCUT2D eigenvalue weighted by Gasteiger charge is -2.07. The topological polar surface area (TPSA) is 111 Å². The molecule has 0 unspecified atom stereocenters. The minimum absolute atomic E-state index is 0.0500. The highest BCUT2D eigenvalue weighted by Crippen LogP contribution is 2.22. The van der Waals surface area contributed by atoms with Crippen LogP contribution in [0.25, 0.3) is 0 Å². The number of hydrogen-bond donors (Lipinski definition) is 2. The minimum atomic E-state index is -3.78. The summed E-state index contributed by atoms with van der Waals surface area (Å²) in [5.74, 6) is 5.65. The molecule has 0 spiro atoms. The number of hydrogen-bond acceptors (Lipinski definition) is 6. The summed E-state index contributed by atoms with van der Waals surface area (Å²) in [6.07, 6.45) is 1.11. The molecule has 1 aromatic carbocycles. The van der Waals surface area contributed by atoms with E-state index in [4.69, 9.17) is 17.3 Å². The van der Waals surface area contributed by atoms with Crippen LogP contribution in [0.3, 0.4) is 0 Å². The Hall–Kier alpha value is -1.92. The number of nitrogens with one attached hydrogen (secondary N) is 1. The first-order chi connectivity index (χ1) is 10.0. The van der Waals surface area contributed by atoms with Crippen LogP contribution in [0.4, 0.5) is 0 Å². The Balaban J connectivity index is 2.19. The molecule has 1 aromatic heterocycles. The van der Waals surface area contributed by atoms with Crippen LogP contribution >= 0.6 is 11.6 Å². The smallest absolute Gasteiger partial charge is 0.242 e. The molecule has 0 radical (unpaired) electrons. The first-order valence-electron chi connectivity index (χ1n) is 5.76. The van der Waals surface area contributed by atoms with Crippen molar-refractivity contribution < 1.29 is 12.9 Å². The van der Waals surface area contributed by atoms with Crippen molar-refractivity contribution in [3.05, 3.63) is 41.0 Å². The first-order valence-corrected chi connectivity index (χ1v) is 7.62. The van der Waals surface area contributed by atoms with E-state index >= 15 is 0 Å². The van der Waals surface area contributed by atoms with Gasteiger partial charge in [0, 0.05) is 5.56 Å². The third-order valence-corrected chi connectivity index (χ3v) is 4.27. The van der Waals surface area contributed by atoms with Crippen molar-refractivity contribution in [3.8, 4) is 11.8 Å². The fourth-order valence-corrected chi connectivity index (χ4v) is 2.98. The molecule has 0 aliphatic heterocycles. The largest absolute Gasteiger partial charge is 0.343 e. The van der Waals surface area contributed by atoms with Crippen molar-refractivity contribution in [1.82, 2.24) is 14.9 Å². The van der Waals surface area contributed by atoms with Gasteiger partial charge in [-0.05, 0) is 18.2 Å². The molecule has 110 valence electrons. The van der Waals surface area contributed by atoms with Crippen LogP contribution in [-0.4, -0.2) is 25.1 Å². The molecule has 1 heterocycles. The summed E-state index contributed by atoms with van der Waals surface area (Å²) in [5.41, 5.74) is 5.85. The second kappa shape index (κ2) is 6.69. The summed E-state index contributed by atoms with van der Waals surface area (Å²) in [6.45, 7) is 0.119. The highest BCUT2D eigenvalue weighted by atomic mass is 35.5. The fourth-order valence-electron chi connectivity index (χ4n) is 1.46. The molecule has 0 fully saturated rings. The Kier molecular flexibility index (Phi) is 4.93. The maximum Gasteiger partial charge on any atom is 0.242 e. The molecule has 0 saturated heterocycles. The quantitative estimate of drug-likeness (QED) is 0.792. The Bertz CT molecular complexity index is 779. The Morgan fingerprint density at radius 2 is 2.24 bits per heavy atom. The highest BCUT2D eigenvalue weighted by Gasteiger charge is 2.18. The van der Waals surface area contributed by atoms with Crippen molar-refractivity contribution in [2.75, 3.05) is 6.54 Å². The third-order valence-electron chi connectivity index (χ3n) is 2.38. The van der Waals surface area contributed by atoms with Crippen LogP contribution in [0.1, 0.15) is 11.4 Å². The van der Waals surface area contributed by atoms with Crippen molar-refractivity contribution in [3.63, 3.8) is 0 Å². The van der Waals surface area contributed by atoms with Crippen LogP contribution in [0.15, 0.2) is 34.0 Å². The van der Waals surface area contributed by atoms with Gasteiger partial charge in [0.2, 0.25) is 16.4 Å². The van der Waals surface area contributed by atoms with Crippen LogP contribution in [0, 0.1) is 11.8 Å². The molecule has 3 N–H and O–H groups in total. The second-order valence-corrected chi connectivity index (χ2v) is 5.97. The van der Waals surface area contributed by atoms with Gasteiger partial charge in [0.05, 0.1) is 18.1 Å². The average molecular weight is 327 g/mol. The first kappa shape index (κ1) is 15.5. The summed E-state index contributed by atoms with van der Waals surface area (Å²) in [5, 5.41) is 3.58. The Morgan fingerprint density at radius 1 is 1.43 bits per heavy atom. The number of aromatic nitrogens is 2. The van der Waals surface area contributed by atoms with Gasteiger partial charge in [-0.25, -0.2) is 13.1 Å². The molecule has 2 aromatic rings. The van der Waals surface area contributed by atoms with Gasteiger partial charge in [-0.2, -0.15) is 4.98 Å². The van der Waals surface area contributed by atoms with E-state index < -0.39 is 10.0 Å². The minimum Gasteiger partial charge on any atom is -0.343 e. The number of benzene rings is 1. The lowest BCUT2D eigenvalue weighted by molar-refractivity contribution is 0.409. The zero-order chi connectivity index (χ0) is 15.3. The summed E-state index contributed by atoms with van der Waals surface area (Å²) in [4.78, 5) is 3.67. The van der Waals surface area contributed by atoms with Gasteiger partial charge in [-0.15, -0.1) is 0 Å². The molecular formula is C12H11ClN4O3S. The molecule has 0 atom stereocenters. The monoisotopic (exact) mass is 326 g/mol.